The molecule has 0 saturated carbocycles. The van der Waals surface area contributed by atoms with Crippen molar-refractivity contribution in [2.45, 2.75) is 39.3 Å². The first-order valence-corrected chi connectivity index (χ1v) is 6.08. The molecule has 3 nitrogen and oxygen atoms in total. The van der Waals surface area contributed by atoms with E-state index in [1.807, 2.05) is 13.0 Å². The Bertz CT molecular complexity index is 343. The lowest BCUT2D eigenvalue weighted by atomic mass is 10.1. The van der Waals surface area contributed by atoms with E-state index in [4.69, 9.17) is 4.42 Å². The molecule has 3 heteroatoms. The second kappa shape index (κ2) is 4.60. The topological polar surface area (TPSA) is 28.4 Å². The van der Waals surface area contributed by atoms with Gasteiger partial charge in [0.05, 0.1) is 6.54 Å². The van der Waals surface area contributed by atoms with Crippen molar-refractivity contribution >= 4 is 0 Å². The highest BCUT2D eigenvalue weighted by Gasteiger charge is 2.24. The molecule has 16 heavy (non-hydrogen) atoms. The average molecular weight is 222 g/mol. The van der Waals surface area contributed by atoms with Crippen LogP contribution in [-0.4, -0.2) is 30.1 Å². The monoisotopic (exact) mass is 222 g/mol. The lowest BCUT2D eigenvalue weighted by molar-refractivity contribution is 0.208. The van der Waals surface area contributed by atoms with Crippen LogP contribution in [-0.2, 0) is 6.54 Å². The van der Waals surface area contributed by atoms with E-state index < -0.39 is 0 Å². The first kappa shape index (κ1) is 11.7. The van der Waals surface area contributed by atoms with Crippen LogP contribution < -0.4 is 5.32 Å². The second-order valence-corrected chi connectivity index (χ2v) is 5.39. The summed E-state index contributed by atoms with van der Waals surface area (Å²) in [7, 11) is 0. The van der Waals surface area contributed by atoms with Crippen LogP contribution in [0.5, 0.6) is 0 Å². The van der Waals surface area contributed by atoms with Crippen molar-refractivity contribution in [3.8, 4) is 0 Å². The molecular formula is C13H22N2O. The Balaban J connectivity index is 1.98. The van der Waals surface area contributed by atoms with Gasteiger partial charge in [0.2, 0.25) is 0 Å². The fourth-order valence-electron chi connectivity index (χ4n) is 2.35. The largest absolute Gasteiger partial charge is 0.465 e. The van der Waals surface area contributed by atoms with Crippen LogP contribution in [0.15, 0.2) is 16.5 Å². The standard InChI is InChI=1S/C13H22N2O/c1-11-5-6-12(16-11)9-15-8-4-7-14-13(2,3)10-15/h5-6,14H,4,7-10H2,1-3H3. The van der Waals surface area contributed by atoms with Gasteiger partial charge in [-0.3, -0.25) is 4.90 Å². The van der Waals surface area contributed by atoms with Crippen LogP contribution in [0.1, 0.15) is 31.8 Å². The Labute approximate surface area is 97.8 Å². The van der Waals surface area contributed by atoms with Gasteiger partial charge in [0, 0.05) is 12.1 Å². The summed E-state index contributed by atoms with van der Waals surface area (Å²) in [6.45, 7) is 10.8. The first-order chi connectivity index (χ1) is 7.55. The molecule has 0 radical (unpaired) electrons. The van der Waals surface area contributed by atoms with E-state index in [9.17, 15) is 0 Å². The minimum atomic E-state index is 0.206. The van der Waals surface area contributed by atoms with E-state index in [0.717, 1.165) is 37.7 Å². The highest BCUT2D eigenvalue weighted by atomic mass is 16.3. The Hall–Kier alpha value is -0.800. The van der Waals surface area contributed by atoms with Gasteiger partial charge in [0.15, 0.2) is 0 Å². The van der Waals surface area contributed by atoms with Crippen molar-refractivity contribution in [3.63, 3.8) is 0 Å². The molecule has 1 N–H and O–H groups in total. The summed E-state index contributed by atoms with van der Waals surface area (Å²) in [5.41, 5.74) is 0.206. The predicted octanol–water partition coefficient (Wildman–Crippen LogP) is 2.16. The Morgan fingerprint density at radius 2 is 2.25 bits per heavy atom. The number of nitrogens with one attached hydrogen (secondary N) is 1. The third kappa shape index (κ3) is 3.09. The molecule has 1 aliphatic rings. The van der Waals surface area contributed by atoms with Crippen LogP contribution in [0.25, 0.3) is 0 Å². The molecule has 1 aromatic heterocycles. The first-order valence-electron chi connectivity index (χ1n) is 6.08. The zero-order valence-corrected chi connectivity index (χ0v) is 10.5. The van der Waals surface area contributed by atoms with Gasteiger partial charge in [-0.15, -0.1) is 0 Å². The maximum atomic E-state index is 5.63. The maximum Gasteiger partial charge on any atom is 0.118 e. The second-order valence-electron chi connectivity index (χ2n) is 5.39. The smallest absolute Gasteiger partial charge is 0.118 e. The lowest BCUT2D eigenvalue weighted by Crippen LogP contribution is -2.46. The van der Waals surface area contributed by atoms with E-state index in [0.29, 0.717) is 0 Å². The molecule has 0 aliphatic carbocycles. The number of hydrogen-bond acceptors (Lipinski definition) is 3. The van der Waals surface area contributed by atoms with Gasteiger partial charge >= 0.3 is 0 Å². The Kier molecular flexibility index (Phi) is 3.36. The lowest BCUT2D eigenvalue weighted by Gasteiger charge is -2.29. The molecule has 1 fully saturated rings. The third-order valence-electron chi connectivity index (χ3n) is 3.05. The highest BCUT2D eigenvalue weighted by molar-refractivity contribution is 5.05. The molecule has 1 aliphatic heterocycles. The van der Waals surface area contributed by atoms with Gasteiger partial charge in [-0.25, -0.2) is 0 Å². The normalized spacial score (nSPS) is 21.9. The third-order valence-corrected chi connectivity index (χ3v) is 3.05. The van der Waals surface area contributed by atoms with Gasteiger partial charge in [-0.1, -0.05) is 0 Å². The Morgan fingerprint density at radius 3 is 2.94 bits per heavy atom. The van der Waals surface area contributed by atoms with Crippen molar-refractivity contribution in [3.05, 3.63) is 23.7 Å². The number of hydrogen-bond donors (Lipinski definition) is 1. The molecule has 1 aromatic rings. The summed E-state index contributed by atoms with van der Waals surface area (Å²) < 4.78 is 5.63. The molecule has 0 aromatic carbocycles. The van der Waals surface area contributed by atoms with Gasteiger partial charge in [-0.05, 0) is 52.4 Å². The van der Waals surface area contributed by atoms with E-state index in [2.05, 4.69) is 30.1 Å². The van der Waals surface area contributed by atoms with Crippen LogP contribution in [0.3, 0.4) is 0 Å². The predicted molar refractivity (Wildman–Crippen MR) is 65.4 cm³/mol. The quantitative estimate of drug-likeness (QED) is 0.831. The average Bonchev–Trinajstić information content (AvgIpc) is 2.49. The van der Waals surface area contributed by atoms with Gasteiger partial charge in [-0.2, -0.15) is 0 Å². The van der Waals surface area contributed by atoms with Crippen molar-refractivity contribution in [2.75, 3.05) is 19.6 Å². The van der Waals surface area contributed by atoms with E-state index in [1.54, 1.807) is 0 Å². The molecule has 2 heterocycles. The molecule has 0 bridgehead atoms. The zero-order valence-electron chi connectivity index (χ0n) is 10.5. The molecule has 0 amide bonds. The van der Waals surface area contributed by atoms with E-state index in [-0.39, 0.29) is 5.54 Å². The number of aryl methyl sites for hydroxylation is 1. The van der Waals surface area contributed by atoms with Crippen molar-refractivity contribution in [2.24, 2.45) is 0 Å². The van der Waals surface area contributed by atoms with Gasteiger partial charge in [0.1, 0.15) is 11.5 Å². The van der Waals surface area contributed by atoms with E-state index in [1.165, 1.54) is 6.42 Å². The summed E-state index contributed by atoms with van der Waals surface area (Å²) in [5, 5.41) is 3.57. The van der Waals surface area contributed by atoms with Crippen LogP contribution in [0, 0.1) is 6.92 Å². The summed E-state index contributed by atoms with van der Waals surface area (Å²) in [4.78, 5) is 2.47. The minimum absolute atomic E-state index is 0.206. The highest BCUT2D eigenvalue weighted by Crippen LogP contribution is 2.15. The SMILES string of the molecule is Cc1ccc(CN2CCCNC(C)(C)C2)o1. The molecular weight excluding hydrogens is 200 g/mol. The maximum absolute atomic E-state index is 5.63. The van der Waals surface area contributed by atoms with Crippen molar-refractivity contribution in [1.29, 1.82) is 0 Å². The molecule has 0 spiro atoms. The zero-order chi connectivity index (χ0) is 11.6. The fourth-order valence-corrected chi connectivity index (χ4v) is 2.35. The van der Waals surface area contributed by atoms with Gasteiger partial charge < -0.3 is 9.73 Å². The summed E-state index contributed by atoms with van der Waals surface area (Å²) in [6.07, 6.45) is 1.21. The van der Waals surface area contributed by atoms with Crippen molar-refractivity contribution < 1.29 is 4.42 Å². The molecule has 90 valence electrons. The van der Waals surface area contributed by atoms with E-state index >= 15 is 0 Å². The molecule has 0 atom stereocenters. The summed E-state index contributed by atoms with van der Waals surface area (Å²) in [6, 6.07) is 4.12. The minimum Gasteiger partial charge on any atom is -0.465 e. The van der Waals surface area contributed by atoms with Crippen LogP contribution >= 0.6 is 0 Å². The Morgan fingerprint density at radius 1 is 1.44 bits per heavy atom. The fraction of sp³-hybridized carbons (Fsp3) is 0.692. The molecule has 1 saturated heterocycles. The number of rotatable bonds is 2. The van der Waals surface area contributed by atoms with Crippen molar-refractivity contribution in [1.82, 2.24) is 10.2 Å². The van der Waals surface area contributed by atoms with Crippen LogP contribution in [0.2, 0.25) is 0 Å². The molecule has 2 rings (SSSR count). The van der Waals surface area contributed by atoms with Crippen LogP contribution in [0.4, 0.5) is 0 Å². The summed E-state index contributed by atoms with van der Waals surface area (Å²) in [5.74, 6) is 2.08. The number of furan rings is 1. The molecule has 0 unspecified atom stereocenters. The number of nitrogens with zero attached hydrogens (tertiary/aromatic N) is 1. The van der Waals surface area contributed by atoms with Gasteiger partial charge in [0.25, 0.3) is 0 Å². The summed E-state index contributed by atoms with van der Waals surface area (Å²) >= 11 is 0.